The number of ether oxygens (including phenoxy) is 1. The average molecular weight is 185 g/mol. The van der Waals surface area contributed by atoms with Gasteiger partial charge in [-0.1, -0.05) is 0 Å². The van der Waals surface area contributed by atoms with Crippen molar-refractivity contribution in [1.82, 2.24) is 5.32 Å². The summed E-state index contributed by atoms with van der Waals surface area (Å²) in [5, 5.41) is 2.51. The maximum Gasteiger partial charge on any atom is 0.407 e. The zero-order valence-corrected chi connectivity index (χ0v) is 8.05. The van der Waals surface area contributed by atoms with E-state index in [1.54, 1.807) is 0 Å². The summed E-state index contributed by atoms with van der Waals surface area (Å²) < 4.78 is 4.37. The maximum absolute atomic E-state index is 10.9. The number of rotatable bonds is 2. The van der Waals surface area contributed by atoms with Gasteiger partial charge in [-0.3, -0.25) is 4.79 Å². The molecule has 0 aliphatic heterocycles. The standard InChI is InChI=1S/C7H11NO3.C2H4/c1-5(9)7(3-4-7)8-6(10)11-2;1-2/h3-4H2,1-2H3,(H,8,10);1-2H2. The van der Waals surface area contributed by atoms with Crippen LogP contribution >= 0.6 is 0 Å². The Morgan fingerprint density at radius 3 is 2.08 bits per heavy atom. The molecule has 4 nitrogen and oxygen atoms in total. The Labute approximate surface area is 78.0 Å². The van der Waals surface area contributed by atoms with Gasteiger partial charge in [-0.2, -0.15) is 0 Å². The molecule has 1 N–H and O–H groups in total. The van der Waals surface area contributed by atoms with Gasteiger partial charge in [0.05, 0.1) is 7.11 Å². The molecule has 0 bridgehead atoms. The zero-order valence-electron chi connectivity index (χ0n) is 8.05. The van der Waals surface area contributed by atoms with Crippen molar-refractivity contribution in [2.45, 2.75) is 25.3 Å². The fraction of sp³-hybridized carbons (Fsp3) is 0.556. The third-order valence-corrected chi connectivity index (χ3v) is 1.95. The van der Waals surface area contributed by atoms with Crippen molar-refractivity contribution in [2.75, 3.05) is 7.11 Å². The largest absolute Gasteiger partial charge is 0.453 e. The van der Waals surface area contributed by atoms with E-state index >= 15 is 0 Å². The Morgan fingerprint density at radius 2 is 1.85 bits per heavy atom. The van der Waals surface area contributed by atoms with E-state index in [2.05, 4.69) is 23.2 Å². The molecule has 1 saturated carbocycles. The number of hydrogen-bond acceptors (Lipinski definition) is 3. The van der Waals surface area contributed by atoms with Crippen molar-refractivity contribution < 1.29 is 14.3 Å². The van der Waals surface area contributed by atoms with Gasteiger partial charge in [0.15, 0.2) is 5.78 Å². The van der Waals surface area contributed by atoms with Crippen molar-refractivity contribution in [3.63, 3.8) is 0 Å². The highest BCUT2D eigenvalue weighted by molar-refractivity contribution is 5.92. The van der Waals surface area contributed by atoms with Crippen LogP contribution in [-0.4, -0.2) is 24.5 Å². The summed E-state index contributed by atoms with van der Waals surface area (Å²) in [7, 11) is 1.28. The molecule has 0 aromatic carbocycles. The summed E-state index contributed by atoms with van der Waals surface area (Å²) >= 11 is 0. The van der Waals surface area contributed by atoms with Crippen molar-refractivity contribution in [3.05, 3.63) is 13.2 Å². The minimum atomic E-state index is -0.590. The smallest absolute Gasteiger partial charge is 0.407 e. The van der Waals surface area contributed by atoms with E-state index in [1.165, 1.54) is 14.0 Å². The van der Waals surface area contributed by atoms with E-state index in [0.717, 1.165) is 12.8 Å². The van der Waals surface area contributed by atoms with Gasteiger partial charge in [-0.05, 0) is 19.8 Å². The molecule has 13 heavy (non-hydrogen) atoms. The molecule has 74 valence electrons. The number of methoxy groups -OCH3 is 1. The molecular weight excluding hydrogens is 170 g/mol. The van der Waals surface area contributed by atoms with Crippen LogP contribution in [-0.2, 0) is 9.53 Å². The Bertz CT molecular complexity index is 209. The van der Waals surface area contributed by atoms with Crippen LogP contribution in [0.15, 0.2) is 13.2 Å². The van der Waals surface area contributed by atoms with E-state index in [9.17, 15) is 9.59 Å². The lowest BCUT2D eigenvalue weighted by molar-refractivity contribution is -0.119. The first-order valence-corrected chi connectivity index (χ1v) is 3.98. The minimum absolute atomic E-state index is 0.00269. The molecule has 0 unspecified atom stereocenters. The molecule has 1 aliphatic rings. The van der Waals surface area contributed by atoms with E-state index in [1.807, 2.05) is 0 Å². The Kier molecular flexibility index (Phi) is 4.17. The molecule has 0 aromatic rings. The second-order valence-electron chi connectivity index (χ2n) is 2.75. The van der Waals surface area contributed by atoms with Gasteiger partial charge in [0.25, 0.3) is 0 Å². The van der Waals surface area contributed by atoms with Crippen LogP contribution in [0.25, 0.3) is 0 Å². The molecule has 1 aliphatic carbocycles. The van der Waals surface area contributed by atoms with E-state index in [4.69, 9.17) is 0 Å². The minimum Gasteiger partial charge on any atom is -0.453 e. The molecule has 0 atom stereocenters. The van der Waals surface area contributed by atoms with Crippen LogP contribution in [0.1, 0.15) is 19.8 Å². The van der Waals surface area contributed by atoms with Gasteiger partial charge in [0.1, 0.15) is 5.54 Å². The monoisotopic (exact) mass is 185 g/mol. The highest BCUT2D eigenvalue weighted by Gasteiger charge is 2.48. The lowest BCUT2D eigenvalue weighted by atomic mass is 10.2. The summed E-state index contributed by atoms with van der Waals surface area (Å²) in [6.07, 6.45) is 0.937. The number of hydrogen-bond donors (Lipinski definition) is 1. The Balaban J connectivity index is 0.000000671. The number of amides is 1. The maximum atomic E-state index is 10.9. The Hall–Kier alpha value is -1.32. The van der Waals surface area contributed by atoms with Crippen LogP contribution in [0, 0.1) is 0 Å². The fourth-order valence-corrected chi connectivity index (χ4v) is 0.936. The first-order chi connectivity index (χ1) is 6.10. The summed E-state index contributed by atoms with van der Waals surface area (Å²) in [6.45, 7) is 7.48. The van der Waals surface area contributed by atoms with E-state index in [0.29, 0.717) is 0 Å². The van der Waals surface area contributed by atoms with E-state index < -0.39 is 11.6 Å². The first-order valence-electron chi connectivity index (χ1n) is 3.98. The second-order valence-corrected chi connectivity index (χ2v) is 2.75. The number of carbonyl (C=O) groups excluding carboxylic acids is 2. The van der Waals surface area contributed by atoms with Crippen molar-refractivity contribution >= 4 is 11.9 Å². The topological polar surface area (TPSA) is 55.4 Å². The highest BCUT2D eigenvalue weighted by atomic mass is 16.5. The summed E-state index contributed by atoms with van der Waals surface area (Å²) in [4.78, 5) is 21.6. The number of ketones is 1. The highest BCUT2D eigenvalue weighted by Crippen LogP contribution is 2.36. The molecule has 1 fully saturated rings. The van der Waals surface area contributed by atoms with E-state index in [-0.39, 0.29) is 5.78 Å². The van der Waals surface area contributed by atoms with Gasteiger partial charge >= 0.3 is 6.09 Å². The predicted octanol–water partition coefficient (Wildman–Crippen LogP) is 1.27. The van der Waals surface area contributed by atoms with Crippen LogP contribution < -0.4 is 5.32 Å². The molecule has 0 aromatic heterocycles. The van der Waals surface area contributed by atoms with Gasteiger partial charge in [-0.15, -0.1) is 13.2 Å². The van der Waals surface area contributed by atoms with Crippen molar-refractivity contribution in [1.29, 1.82) is 0 Å². The van der Waals surface area contributed by atoms with Crippen LogP contribution in [0.5, 0.6) is 0 Å². The molecule has 0 heterocycles. The lowest BCUT2D eigenvalue weighted by Gasteiger charge is -2.11. The van der Waals surface area contributed by atoms with Gasteiger partial charge in [-0.25, -0.2) is 4.79 Å². The molecular formula is C9H15NO3. The third-order valence-electron chi connectivity index (χ3n) is 1.95. The third kappa shape index (κ3) is 2.89. The van der Waals surface area contributed by atoms with Gasteiger partial charge < -0.3 is 10.1 Å². The molecule has 1 amide bonds. The molecule has 0 radical (unpaired) electrons. The molecule has 0 spiro atoms. The van der Waals surface area contributed by atoms with Gasteiger partial charge in [0, 0.05) is 0 Å². The van der Waals surface area contributed by atoms with Crippen molar-refractivity contribution in [2.24, 2.45) is 0 Å². The number of carbonyl (C=O) groups is 2. The zero-order chi connectivity index (χ0) is 10.5. The normalized spacial score (nSPS) is 16.2. The average Bonchev–Trinajstić information content (AvgIpc) is 2.89. The molecule has 1 rings (SSSR count). The Morgan fingerprint density at radius 1 is 1.38 bits per heavy atom. The second kappa shape index (κ2) is 4.64. The number of Topliss-reactive ketones (excluding diaryl/α,β-unsaturated/α-hetero) is 1. The summed E-state index contributed by atoms with van der Waals surface area (Å²) in [5.41, 5.74) is -0.590. The van der Waals surface area contributed by atoms with Gasteiger partial charge in [0.2, 0.25) is 0 Å². The lowest BCUT2D eigenvalue weighted by Crippen LogP contribution is -2.41. The molecule has 0 saturated heterocycles. The van der Waals surface area contributed by atoms with Crippen molar-refractivity contribution in [3.8, 4) is 0 Å². The fourth-order valence-electron chi connectivity index (χ4n) is 0.936. The summed E-state index contributed by atoms with van der Waals surface area (Å²) in [5.74, 6) is 0.00269. The summed E-state index contributed by atoms with van der Waals surface area (Å²) in [6, 6.07) is 0. The van der Waals surface area contributed by atoms with Crippen LogP contribution in [0.3, 0.4) is 0 Å². The number of alkyl carbamates (subject to hydrolysis) is 1. The first kappa shape index (κ1) is 11.7. The predicted molar refractivity (Wildman–Crippen MR) is 49.4 cm³/mol. The molecule has 4 heteroatoms. The SMILES string of the molecule is C=C.COC(=O)NC1(C(C)=O)CC1. The van der Waals surface area contributed by atoms with Crippen LogP contribution in [0.4, 0.5) is 4.79 Å². The van der Waals surface area contributed by atoms with Crippen LogP contribution in [0.2, 0.25) is 0 Å². The number of nitrogens with one attached hydrogen (secondary N) is 1. The quantitative estimate of drug-likeness (QED) is 0.659.